The molecule has 0 aromatic carbocycles. The summed E-state index contributed by atoms with van der Waals surface area (Å²) in [6, 6.07) is 5.88. The maximum absolute atomic E-state index is 12.1. The molecular weight excluding hydrogens is 260 g/mol. The summed E-state index contributed by atoms with van der Waals surface area (Å²) in [5.41, 5.74) is 0. The van der Waals surface area contributed by atoms with Crippen LogP contribution < -0.4 is 0 Å². The van der Waals surface area contributed by atoms with Gasteiger partial charge in [-0.2, -0.15) is 0 Å². The molecule has 0 amide bonds. The number of hydrogen-bond acceptors (Lipinski definition) is 3. The average Bonchev–Trinajstić information content (AvgIpc) is 2.42. The third-order valence-corrected chi connectivity index (χ3v) is 13.4. The van der Waals surface area contributed by atoms with Crippen molar-refractivity contribution in [2.24, 2.45) is 0 Å². The van der Waals surface area contributed by atoms with Crippen LogP contribution in [0.15, 0.2) is 0 Å². The number of carbonyl (C=O) groups is 1. The topological polar surface area (TPSA) is 35.5 Å². The van der Waals surface area contributed by atoms with Gasteiger partial charge in [-0.15, -0.1) is 0 Å². The second-order valence-electron chi connectivity index (χ2n) is 4.94. The van der Waals surface area contributed by atoms with Gasteiger partial charge in [0, 0.05) is 0 Å². The highest BCUT2D eigenvalue weighted by molar-refractivity contribution is 6.77. The zero-order chi connectivity index (χ0) is 14.2. The van der Waals surface area contributed by atoms with E-state index < -0.39 is 16.6 Å². The fourth-order valence-corrected chi connectivity index (χ4v) is 7.05. The van der Waals surface area contributed by atoms with Gasteiger partial charge >= 0.3 is 6.16 Å². The Morgan fingerprint density at radius 2 is 0.889 bits per heavy atom. The van der Waals surface area contributed by atoms with Crippen LogP contribution in [0.4, 0.5) is 4.79 Å². The summed E-state index contributed by atoms with van der Waals surface area (Å²) in [7, 11) is -3.74. The van der Waals surface area contributed by atoms with E-state index in [0.29, 0.717) is 0 Å². The molecule has 0 atom stereocenters. The summed E-state index contributed by atoms with van der Waals surface area (Å²) < 4.78 is 11.5. The van der Waals surface area contributed by atoms with Gasteiger partial charge in [0.05, 0.1) is 0 Å². The summed E-state index contributed by atoms with van der Waals surface area (Å²) in [5.74, 6) is 0. The molecule has 0 spiro atoms. The molecule has 0 aliphatic rings. The Kier molecular flexibility index (Phi) is 7.86. The lowest BCUT2D eigenvalue weighted by molar-refractivity contribution is 0.144. The molecule has 0 aliphatic heterocycles. The molecule has 0 unspecified atom stereocenters. The Hall–Kier alpha value is -0.296. The second-order valence-corrected chi connectivity index (χ2v) is 14.3. The molecule has 0 bridgehead atoms. The normalized spacial score (nSPS) is 12.3. The molecule has 0 saturated carbocycles. The van der Waals surface area contributed by atoms with Crippen molar-refractivity contribution in [3.8, 4) is 0 Å². The van der Waals surface area contributed by atoms with Gasteiger partial charge in [-0.25, -0.2) is 4.79 Å². The van der Waals surface area contributed by atoms with Gasteiger partial charge in [0.2, 0.25) is 0 Å². The highest BCUT2D eigenvalue weighted by Gasteiger charge is 2.38. The van der Waals surface area contributed by atoms with Crippen LogP contribution in [0.25, 0.3) is 0 Å². The first kappa shape index (κ1) is 17.7. The molecule has 0 aromatic heterocycles. The van der Waals surface area contributed by atoms with Crippen molar-refractivity contribution in [2.75, 3.05) is 0 Å². The van der Waals surface area contributed by atoms with Gasteiger partial charge in [-0.1, -0.05) is 41.5 Å². The summed E-state index contributed by atoms with van der Waals surface area (Å²) >= 11 is 0. The van der Waals surface area contributed by atoms with Crippen molar-refractivity contribution in [1.82, 2.24) is 0 Å². The molecule has 0 aromatic rings. The molecule has 0 saturated heterocycles. The molecular formula is C13H30O3Si2. The molecule has 0 N–H and O–H groups in total. The third kappa shape index (κ3) is 4.42. The van der Waals surface area contributed by atoms with Crippen molar-refractivity contribution in [2.45, 2.75) is 77.8 Å². The molecule has 0 fully saturated rings. The minimum Gasteiger partial charge on any atom is -0.490 e. The average molecular weight is 291 g/mol. The Morgan fingerprint density at radius 3 is 1.06 bits per heavy atom. The molecule has 0 heterocycles. The van der Waals surface area contributed by atoms with Crippen LogP contribution in [0.3, 0.4) is 0 Å². The maximum Gasteiger partial charge on any atom is 0.480 e. The molecule has 0 radical (unpaired) electrons. The largest absolute Gasteiger partial charge is 0.490 e. The maximum atomic E-state index is 12.1. The first-order valence-corrected chi connectivity index (χ1v) is 12.4. The summed E-state index contributed by atoms with van der Waals surface area (Å²) in [5, 5.41) is 0. The monoisotopic (exact) mass is 290 g/mol. The van der Waals surface area contributed by atoms with E-state index in [1.165, 1.54) is 0 Å². The second kappa shape index (κ2) is 7.99. The molecule has 0 rings (SSSR count). The van der Waals surface area contributed by atoms with Crippen molar-refractivity contribution in [3.63, 3.8) is 0 Å². The fourth-order valence-electron chi connectivity index (χ4n) is 2.31. The van der Waals surface area contributed by atoms with Gasteiger partial charge in [0.1, 0.15) is 0 Å². The quantitative estimate of drug-likeness (QED) is 0.580. The molecule has 0 aliphatic carbocycles. The van der Waals surface area contributed by atoms with Crippen LogP contribution in [0.1, 0.15) is 41.5 Å². The van der Waals surface area contributed by atoms with Crippen LogP contribution >= 0.6 is 0 Å². The lowest BCUT2D eigenvalue weighted by atomic mass is 10.9. The standard InChI is InChI=1S/C13H30O3Si2/c1-7-17(8-2,9-3)15-13(14)16-18(10-4,11-5)12-6/h7-12H2,1-6H3. The number of carbonyl (C=O) groups excluding carboxylic acids is 1. The van der Waals surface area contributed by atoms with Crippen molar-refractivity contribution in [1.29, 1.82) is 0 Å². The number of rotatable bonds is 8. The van der Waals surface area contributed by atoms with Crippen molar-refractivity contribution >= 4 is 22.8 Å². The minimum atomic E-state index is -1.87. The predicted molar refractivity (Wildman–Crippen MR) is 82.0 cm³/mol. The van der Waals surface area contributed by atoms with Crippen LogP contribution in [0, 0.1) is 0 Å². The Bertz CT molecular complexity index is 208. The van der Waals surface area contributed by atoms with E-state index in [2.05, 4.69) is 41.5 Å². The predicted octanol–water partition coefficient (Wildman–Crippen LogP) is 5.15. The van der Waals surface area contributed by atoms with Crippen molar-refractivity contribution in [3.05, 3.63) is 0 Å². The highest BCUT2D eigenvalue weighted by atomic mass is 28.4. The zero-order valence-electron chi connectivity index (χ0n) is 13.0. The van der Waals surface area contributed by atoms with Crippen LogP contribution in [-0.2, 0) is 8.85 Å². The van der Waals surface area contributed by atoms with E-state index in [-0.39, 0.29) is 6.16 Å². The van der Waals surface area contributed by atoms with Crippen LogP contribution in [-0.4, -0.2) is 22.8 Å². The lowest BCUT2D eigenvalue weighted by Crippen LogP contribution is -2.44. The smallest absolute Gasteiger partial charge is 0.480 e. The van der Waals surface area contributed by atoms with Gasteiger partial charge < -0.3 is 8.85 Å². The third-order valence-electron chi connectivity index (χ3n) is 4.47. The Labute approximate surface area is 115 Å². The highest BCUT2D eigenvalue weighted by Crippen LogP contribution is 2.26. The Morgan fingerprint density at radius 1 is 0.667 bits per heavy atom. The van der Waals surface area contributed by atoms with E-state index in [9.17, 15) is 4.79 Å². The fraction of sp³-hybridized carbons (Fsp3) is 0.923. The summed E-state index contributed by atoms with van der Waals surface area (Å²) in [6.45, 7) is 12.7. The van der Waals surface area contributed by atoms with Gasteiger partial charge in [-0.3, -0.25) is 0 Å². The van der Waals surface area contributed by atoms with E-state index >= 15 is 0 Å². The summed E-state index contributed by atoms with van der Waals surface area (Å²) in [4.78, 5) is 12.1. The molecule has 108 valence electrons. The minimum absolute atomic E-state index is 0.385. The lowest BCUT2D eigenvalue weighted by Gasteiger charge is -2.32. The first-order chi connectivity index (χ1) is 8.46. The Balaban J connectivity index is 4.67. The van der Waals surface area contributed by atoms with E-state index in [0.717, 1.165) is 36.3 Å². The van der Waals surface area contributed by atoms with Gasteiger partial charge in [0.25, 0.3) is 16.6 Å². The van der Waals surface area contributed by atoms with E-state index in [1.54, 1.807) is 0 Å². The molecule has 3 nitrogen and oxygen atoms in total. The van der Waals surface area contributed by atoms with E-state index in [1.807, 2.05) is 0 Å². The SMILES string of the molecule is CC[Si](CC)(CC)OC(=O)O[Si](CC)(CC)CC. The van der Waals surface area contributed by atoms with Crippen LogP contribution in [0.5, 0.6) is 0 Å². The van der Waals surface area contributed by atoms with Crippen LogP contribution in [0.2, 0.25) is 36.3 Å². The summed E-state index contributed by atoms with van der Waals surface area (Å²) in [6.07, 6.45) is -0.385. The van der Waals surface area contributed by atoms with E-state index in [4.69, 9.17) is 8.85 Å². The molecule has 18 heavy (non-hydrogen) atoms. The van der Waals surface area contributed by atoms with Gasteiger partial charge in [0.15, 0.2) is 0 Å². The van der Waals surface area contributed by atoms with Crippen molar-refractivity contribution < 1.29 is 13.6 Å². The first-order valence-electron chi connectivity index (χ1n) is 7.38. The molecule has 5 heteroatoms. The number of hydrogen-bond donors (Lipinski definition) is 0. The van der Waals surface area contributed by atoms with Gasteiger partial charge in [-0.05, 0) is 36.3 Å². The zero-order valence-corrected chi connectivity index (χ0v) is 15.0.